The van der Waals surface area contributed by atoms with Crippen LogP contribution in [0.5, 0.6) is 0 Å². The van der Waals surface area contributed by atoms with Crippen molar-refractivity contribution in [2.45, 2.75) is 0 Å². The molecule has 2 nitrogen and oxygen atoms in total. The maximum Gasteiger partial charge on any atom is 0.0639 e. The molecular formula is C27H20N2. The van der Waals surface area contributed by atoms with Crippen molar-refractivity contribution in [1.82, 2.24) is 4.57 Å². The largest absolute Gasteiger partial charge is 0.316 e. The minimum Gasteiger partial charge on any atom is -0.316 e. The quantitative estimate of drug-likeness (QED) is 0.301. The van der Waals surface area contributed by atoms with Crippen LogP contribution in [0.4, 0.5) is 5.69 Å². The van der Waals surface area contributed by atoms with E-state index in [-0.39, 0.29) is 0 Å². The summed E-state index contributed by atoms with van der Waals surface area (Å²) in [5.74, 6) is 0. The van der Waals surface area contributed by atoms with Crippen LogP contribution < -0.4 is 0 Å². The lowest BCUT2D eigenvalue weighted by Gasteiger charge is -2.08. The van der Waals surface area contributed by atoms with Gasteiger partial charge in [-0.1, -0.05) is 72.8 Å². The van der Waals surface area contributed by atoms with Gasteiger partial charge in [-0.25, -0.2) is 0 Å². The standard InChI is InChI=1S/C27H20N2/c1-2-7-21(8-3-1)23-12-15-25(16-13-23)28-20-27-11-6-18-29(27)26-17-14-22-9-4-5-10-24(22)19-26/h1-20H. The van der Waals surface area contributed by atoms with E-state index in [0.717, 1.165) is 17.1 Å². The lowest BCUT2D eigenvalue weighted by Crippen LogP contribution is -1.97. The van der Waals surface area contributed by atoms with Crippen LogP contribution in [0, 0.1) is 0 Å². The molecule has 138 valence electrons. The number of aromatic nitrogens is 1. The van der Waals surface area contributed by atoms with E-state index in [0.29, 0.717) is 0 Å². The lowest BCUT2D eigenvalue weighted by molar-refractivity contribution is 1.07. The molecule has 0 aliphatic heterocycles. The molecule has 0 saturated heterocycles. The molecule has 0 amide bonds. The van der Waals surface area contributed by atoms with Gasteiger partial charge in [0.1, 0.15) is 0 Å². The van der Waals surface area contributed by atoms with Gasteiger partial charge in [0.25, 0.3) is 0 Å². The van der Waals surface area contributed by atoms with Crippen LogP contribution in [0.15, 0.2) is 120 Å². The number of nitrogens with zero attached hydrogens (tertiary/aromatic N) is 2. The Bertz CT molecular complexity index is 1280. The number of aliphatic imine (C=N–C) groups is 1. The maximum absolute atomic E-state index is 4.69. The molecule has 29 heavy (non-hydrogen) atoms. The normalized spacial score (nSPS) is 11.3. The predicted octanol–water partition coefficient (Wildman–Crippen LogP) is 7.05. The summed E-state index contributed by atoms with van der Waals surface area (Å²) < 4.78 is 2.16. The summed E-state index contributed by atoms with van der Waals surface area (Å²) in [5, 5.41) is 2.48. The first kappa shape index (κ1) is 17.2. The second kappa shape index (κ2) is 7.61. The van der Waals surface area contributed by atoms with Crippen LogP contribution >= 0.6 is 0 Å². The smallest absolute Gasteiger partial charge is 0.0639 e. The Hall–Kier alpha value is -3.91. The Morgan fingerprint density at radius 1 is 0.586 bits per heavy atom. The van der Waals surface area contributed by atoms with Gasteiger partial charge < -0.3 is 4.57 Å². The highest BCUT2D eigenvalue weighted by molar-refractivity contribution is 5.86. The van der Waals surface area contributed by atoms with Crippen molar-refractivity contribution in [3.63, 3.8) is 0 Å². The van der Waals surface area contributed by atoms with Crippen molar-refractivity contribution >= 4 is 22.7 Å². The van der Waals surface area contributed by atoms with Crippen molar-refractivity contribution in [2.24, 2.45) is 4.99 Å². The Balaban J connectivity index is 1.41. The van der Waals surface area contributed by atoms with Crippen molar-refractivity contribution in [3.8, 4) is 16.8 Å². The fourth-order valence-electron chi connectivity index (χ4n) is 3.57. The van der Waals surface area contributed by atoms with Gasteiger partial charge in [-0.3, -0.25) is 4.99 Å². The zero-order valence-corrected chi connectivity index (χ0v) is 15.9. The second-order valence-electron chi connectivity index (χ2n) is 7.01. The topological polar surface area (TPSA) is 17.3 Å². The predicted molar refractivity (Wildman–Crippen MR) is 122 cm³/mol. The molecule has 0 fully saturated rings. The Morgan fingerprint density at radius 2 is 1.31 bits per heavy atom. The van der Waals surface area contributed by atoms with Crippen molar-refractivity contribution in [3.05, 3.63) is 121 Å². The highest BCUT2D eigenvalue weighted by Gasteiger charge is 2.03. The molecule has 2 heteroatoms. The highest BCUT2D eigenvalue weighted by Crippen LogP contribution is 2.23. The maximum atomic E-state index is 4.69. The summed E-state index contributed by atoms with van der Waals surface area (Å²) in [4.78, 5) is 4.69. The summed E-state index contributed by atoms with van der Waals surface area (Å²) in [5.41, 5.74) is 5.54. The number of benzene rings is 4. The molecule has 1 aromatic heterocycles. The van der Waals surface area contributed by atoms with E-state index in [4.69, 9.17) is 0 Å². The molecule has 0 atom stereocenters. The van der Waals surface area contributed by atoms with Crippen LogP contribution in [0.1, 0.15) is 5.69 Å². The van der Waals surface area contributed by atoms with Gasteiger partial charge in [0.05, 0.1) is 17.6 Å². The Labute approximate surface area is 170 Å². The van der Waals surface area contributed by atoms with Gasteiger partial charge in [0, 0.05) is 11.9 Å². The molecule has 5 aromatic rings. The van der Waals surface area contributed by atoms with E-state index in [1.807, 2.05) is 12.3 Å². The first-order valence-corrected chi connectivity index (χ1v) is 9.73. The summed E-state index contributed by atoms with van der Waals surface area (Å²) in [6.45, 7) is 0. The number of rotatable bonds is 4. The van der Waals surface area contributed by atoms with E-state index in [1.54, 1.807) is 0 Å². The number of hydrogen-bond donors (Lipinski definition) is 0. The molecule has 4 aromatic carbocycles. The minimum atomic E-state index is 0.941. The third-order valence-electron chi connectivity index (χ3n) is 5.11. The fourth-order valence-corrected chi connectivity index (χ4v) is 3.57. The van der Waals surface area contributed by atoms with Crippen molar-refractivity contribution < 1.29 is 0 Å². The number of hydrogen-bond acceptors (Lipinski definition) is 1. The third kappa shape index (κ3) is 3.61. The molecule has 1 heterocycles. The zero-order valence-electron chi connectivity index (χ0n) is 15.9. The van der Waals surface area contributed by atoms with Gasteiger partial charge >= 0.3 is 0 Å². The molecule has 0 aliphatic carbocycles. The molecule has 0 unspecified atom stereocenters. The van der Waals surface area contributed by atoms with Gasteiger partial charge in [-0.2, -0.15) is 0 Å². The van der Waals surface area contributed by atoms with Gasteiger partial charge in [0.2, 0.25) is 0 Å². The van der Waals surface area contributed by atoms with Crippen LogP contribution in [-0.2, 0) is 0 Å². The zero-order chi connectivity index (χ0) is 19.5. The van der Waals surface area contributed by atoms with Crippen LogP contribution in [0.2, 0.25) is 0 Å². The molecular weight excluding hydrogens is 352 g/mol. The molecule has 0 saturated carbocycles. The highest BCUT2D eigenvalue weighted by atomic mass is 15.0. The van der Waals surface area contributed by atoms with Crippen LogP contribution in [-0.4, -0.2) is 10.8 Å². The SMILES string of the molecule is C(=Nc1ccc(-c2ccccc2)cc1)c1cccn1-c1ccc2ccccc2c1. The third-order valence-corrected chi connectivity index (χ3v) is 5.11. The molecule has 0 bridgehead atoms. The van der Waals surface area contributed by atoms with Crippen molar-refractivity contribution in [1.29, 1.82) is 0 Å². The first-order chi connectivity index (χ1) is 14.4. The summed E-state index contributed by atoms with van der Waals surface area (Å²) in [6.07, 6.45) is 4.00. The monoisotopic (exact) mass is 372 g/mol. The van der Waals surface area contributed by atoms with E-state index in [1.165, 1.54) is 21.9 Å². The fraction of sp³-hybridized carbons (Fsp3) is 0. The molecule has 0 aliphatic rings. The van der Waals surface area contributed by atoms with E-state index >= 15 is 0 Å². The van der Waals surface area contributed by atoms with E-state index < -0.39 is 0 Å². The Kier molecular flexibility index (Phi) is 4.51. The summed E-state index contributed by atoms with van der Waals surface area (Å²) in [6, 6.07) is 37.8. The average Bonchev–Trinajstić information content (AvgIpc) is 3.27. The van der Waals surface area contributed by atoms with Gasteiger partial charge in [-0.15, -0.1) is 0 Å². The average molecular weight is 372 g/mol. The van der Waals surface area contributed by atoms with Crippen molar-refractivity contribution in [2.75, 3.05) is 0 Å². The summed E-state index contributed by atoms with van der Waals surface area (Å²) >= 11 is 0. The first-order valence-electron chi connectivity index (χ1n) is 9.73. The van der Waals surface area contributed by atoms with Gasteiger partial charge in [-0.05, 0) is 58.3 Å². The molecule has 0 N–H and O–H groups in total. The van der Waals surface area contributed by atoms with E-state index in [2.05, 4.69) is 119 Å². The lowest BCUT2D eigenvalue weighted by atomic mass is 10.1. The minimum absolute atomic E-state index is 0.941. The molecule has 0 spiro atoms. The van der Waals surface area contributed by atoms with E-state index in [9.17, 15) is 0 Å². The summed E-state index contributed by atoms with van der Waals surface area (Å²) in [7, 11) is 0. The number of fused-ring (bicyclic) bond motifs is 1. The molecule has 0 radical (unpaired) electrons. The molecule has 5 rings (SSSR count). The Morgan fingerprint density at radius 3 is 2.14 bits per heavy atom. The second-order valence-corrected chi connectivity index (χ2v) is 7.01. The van der Waals surface area contributed by atoms with Gasteiger partial charge in [0.15, 0.2) is 0 Å². The van der Waals surface area contributed by atoms with Crippen LogP contribution in [0.3, 0.4) is 0 Å². The van der Waals surface area contributed by atoms with Crippen LogP contribution in [0.25, 0.3) is 27.6 Å².